The van der Waals surface area contributed by atoms with Crippen LogP contribution in [0, 0.1) is 23.7 Å². The Kier molecular flexibility index (Phi) is 98.2. The summed E-state index contributed by atoms with van der Waals surface area (Å²) in [6.45, 7) is 19.4. The van der Waals surface area contributed by atoms with Crippen LogP contribution in [-0.2, 0) is 18.9 Å². The molecular formula is C122H230O8. The molecule has 0 heterocycles. The zero-order valence-corrected chi connectivity index (χ0v) is 89.4. The van der Waals surface area contributed by atoms with Gasteiger partial charge in [0.05, 0.1) is 48.7 Å². The summed E-state index contributed by atoms with van der Waals surface area (Å²) in [5, 5.41) is 0. The van der Waals surface area contributed by atoms with E-state index in [1.54, 1.807) is 0 Å². The van der Waals surface area contributed by atoms with Crippen LogP contribution >= 0.6 is 0 Å². The van der Waals surface area contributed by atoms with Crippen LogP contribution < -0.4 is 0 Å². The normalized spacial score (nSPS) is 12.6. The summed E-state index contributed by atoms with van der Waals surface area (Å²) in [5.74, 6) is -1.85. The molecule has 0 fully saturated rings. The van der Waals surface area contributed by atoms with E-state index < -0.39 is 23.9 Å². The van der Waals surface area contributed by atoms with Crippen LogP contribution in [0.2, 0.25) is 0 Å². The molecular weight excluding hydrogens is 1590 g/mol. The van der Waals surface area contributed by atoms with Gasteiger partial charge in [0, 0.05) is 0 Å². The van der Waals surface area contributed by atoms with Crippen molar-refractivity contribution in [3.05, 3.63) is 34.4 Å². The molecule has 0 N–H and O–H groups in total. The van der Waals surface area contributed by atoms with Gasteiger partial charge < -0.3 is 18.9 Å². The van der Waals surface area contributed by atoms with Crippen LogP contribution in [0.25, 0.3) is 0 Å². The molecule has 4 atom stereocenters. The van der Waals surface area contributed by atoms with Gasteiger partial charge in [-0.05, 0) is 87.2 Å². The summed E-state index contributed by atoms with van der Waals surface area (Å²) in [6.07, 6.45) is 121. The second-order valence-electron chi connectivity index (χ2n) is 42.4. The largest absolute Gasteiger partial charge is 0.462 e. The average molecular weight is 1830 g/mol. The molecule has 0 aliphatic heterocycles. The molecule has 0 aliphatic carbocycles. The number of ether oxygens (including phenoxy) is 4. The molecule has 0 aliphatic rings. The Morgan fingerprint density at radius 3 is 0.323 bits per heavy atom. The second kappa shape index (κ2) is 102. The molecule has 8 heteroatoms. The fourth-order valence-electron chi connectivity index (χ4n) is 20.4. The minimum Gasteiger partial charge on any atom is -0.462 e. The smallest absolute Gasteiger partial charge is 0.339 e. The first kappa shape index (κ1) is 125. The van der Waals surface area contributed by atoms with Gasteiger partial charge in [0.15, 0.2) is 0 Å². The average Bonchev–Trinajstić information content (AvgIpc) is 0.783. The molecule has 0 spiro atoms. The molecule has 1 aromatic rings. The molecule has 0 radical (unpaired) electrons. The third kappa shape index (κ3) is 82.2. The van der Waals surface area contributed by atoms with Gasteiger partial charge in [-0.3, -0.25) is 0 Å². The number of carbonyl (C=O) groups excluding carboxylic acids is 4. The molecule has 0 aromatic heterocycles. The predicted molar refractivity (Wildman–Crippen MR) is 570 cm³/mol. The van der Waals surface area contributed by atoms with E-state index in [4.69, 9.17) is 18.9 Å². The highest BCUT2D eigenvalue weighted by atomic mass is 16.5. The number of benzene rings is 1. The molecule has 0 amide bonds. The number of unbranched alkanes of at least 4 members (excludes halogenated alkanes) is 80. The Labute approximate surface area is 813 Å². The first-order chi connectivity index (χ1) is 64.1. The lowest BCUT2D eigenvalue weighted by Gasteiger charge is -2.21. The topological polar surface area (TPSA) is 105 Å². The molecule has 0 saturated heterocycles. The molecule has 8 nitrogen and oxygen atoms in total. The predicted octanol–water partition coefficient (Wildman–Crippen LogP) is 42.4. The molecule has 130 heavy (non-hydrogen) atoms. The van der Waals surface area contributed by atoms with Gasteiger partial charge in [-0.15, -0.1) is 0 Å². The number of hydrogen-bond acceptors (Lipinski definition) is 8. The standard InChI is InChI=1S/C122H230O8/c1-9-17-25-33-41-49-57-61-69-77-85-93-101-111(97-89-81-73-65-53-45-37-29-21-13-5)107-127-119(123)115-105-117(121(125)129-109-113(99-91-83-75-67-55-47-39-31-23-15-7)103-95-87-79-71-63-59-51-43-35-27-19-11-3)118(122(126)130-110-114(100-92-84-76-68-56-48-40-32-24-16-8)104-96-88-80-72-64-60-52-44-36-28-20-12-4)106-116(115)120(124)128-108-112(98-90-82-74-66-54-46-38-30-22-14-6)102-94-86-78-70-62-58-50-42-34-26-18-10-2/h105-106,111-114H,9-104,107-110H2,1-8H3. The van der Waals surface area contributed by atoms with E-state index in [0.29, 0.717) is 0 Å². The summed E-state index contributed by atoms with van der Waals surface area (Å²) < 4.78 is 26.6. The van der Waals surface area contributed by atoms with Crippen molar-refractivity contribution in [1.29, 1.82) is 0 Å². The van der Waals surface area contributed by atoms with E-state index >= 15 is 19.2 Å². The highest BCUT2D eigenvalue weighted by molar-refractivity contribution is 6.10. The zero-order valence-electron chi connectivity index (χ0n) is 89.4. The summed E-state index contributed by atoms with van der Waals surface area (Å²) in [5.41, 5.74) is -0.0260. The van der Waals surface area contributed by atoms with Gasteiger partial charge in [-0.1, -0.05) is 620 Å². The monoisotopic (exact) mass is 1820 g/mol. The Bertz CT molecular complexity index is 2160. The van der Waals surface area contributed by atoms with E-state index in [0.717, 1.165) is 103 Å². The van der Waals surface area contributed by atoms with Crippen LogP contribution in [0.15, 0.2) is 12.1 Å². The Morgan fingerprint density at radius 1 is 0.146 bits per heavy atom. The lowest BCUT2D eigenvalue weighted by Crippen LogP contribution is -2.24. The van der Waals surface area contributed by atoms with Gasteiger partial charge in [0.1, 0.15) is 0 Å². The Hall–Kier alpha value is -2.90. The highest BCUT2D eigenvalue weighted by Gasteiger charge is 2.31. The quantitative estimate of drug-likeness (QED) is 0.0361. The maximum atomic E-state index is 15.7. The van der Waals surface area contributed by atoms with Crippen LogP contribution in [0.5, 0.6) is 0 Å². The molecule has 766 valence electrons. The molecule has 1 rings (SSSR count). The Morgan fingerprint density at radius 2 is 0.231 bits per heavy atom. The van der Waals surface area contributed by atoms with Gasteiger partial charge >= 0.3 is 23.9 Å². The van der Waals surface area contributed by atoms with E-state index in [1.807, 2.05) is 0 Å². The maximum Gasteiger partial charge on any atom is 0.339 e. The van der Waals surface area contributed by atoms with Crippen molar-refractivity contribution in [2.45, 2.75) is 672 Å². The van der Waals surface area contributed by atoms with Crippen molar-refractivity contribution in [2.75, 3.05) is 26.4 Å². The fraction of sp³-hybridized carbons (Fsp3) is 0.918. The van der Waals surface area contributed by atoms with E-state index in [1.165, 1.54) is 526 Å². The number of carbonyl (C=O) groups is 4. The summed E-state index contributed by atoms with van der Waals surface area (Å²) in [7, 11) is 0. The zero-order chi connectivity index (χ0) is 93.9. The van der Waals surface area contributed by atoms with E-state index in [-0.39, 0.29) is 72.4 Å². The van der Waals surface area contributed by atoms with Crippen LogP contribution in [-0.4, -0.2) is 50.3 Å². The molecule has 0 bridgehead atoms. The first-order valence-electron chi connectivity index (χ1n) is 60.0. The minimum absolute atomic E-state index is 0.00651. The fourth-order valence-corrected chi connectivity index (χ4v) is 20.4. The molecule has 1 aromatic carbocycles. The highest BCUT2D eigenvalue weighted by Crippen LogP contribution is 2.31. The summed E-state index contributed by atoms with van der Waals surface area (Å²) in [6, 6.07) is 3.04. The first-order valence-corrected chi connectivity index (χ1v) is 60.0. The number of hydrogen-bond donors (Lipinski definition) is 0. The number of esters is 4. The van der Waals surface area contributed by atoms with Gasteiger partial charge in [0.25, 0.3) is 0 Å². The van der Waals surface area contributed by atoms with E-state index in [9.17, 15) is 0 Å². The molecule has 0 saturated carbocycles. The van der Waals surface area contributed by atoms with Gasteiger partial charge in [-0.25, -0.2) is 19.2 Å². The van der Waals surface area contributed by atoms with Crippen molar-refractivity contribution in [2.24, 2.45) is 23.7 Å². The SMILES string of the molecule is CCCCCCCCCCCCCCC(CCCCCCCCCCCC)COC(=O)c1cc(C(=O)OCC(CCCCCCCCCCCC)CCCCCCCCCCCCCC)c(C(=O)OCC(CCCCCCCCCCCC)CCCCCCCCCCCCCC)cc1C(=O)OCC(CCCCCCCCCCCC)CCCCCCCCCCCCCC. The number of rotatable bonds is 108. The van der Waals surface area contributed by atoms with Crippen molar-refractivity contribution < 1.29 is 38.1 Å². The van der Waals surface area contributed by atoms with Gasteiger partial charge in [-0.2, -0.15) is 0 Å². The summed E-state index contributed by atoms with van der Waals surface area (Å²) in [4.78, 5) is 62.7. The lowest BCUT2D eigenvalue weighted by molar-refractivity contribution is 0.0360. The van der Waals surface area contributed by atoms with Gasteiger partial charge in [0.2, 0.25) is 0 Å². The van der Waals surface area contributed by atoms with Crippen molar-refractivity contribution in [3.8, 4) is 0 Å². The van der Waals surface area contributed by atoms with Crippen LogP contribution in [0.1, 0.15) is 713 Å². The third-order valence-electron chi connectivity index (χ3n) is 29.6. The maximum absolute atomic E-state index is 15.7. The minimum atomic E-state index is -0.633. The lowest BCUT2D eigenvalue weighted by atomic mass is 9.94. The summed E-state index contributed by atoms with van der Waals surface area (Å²) >= 11 is 0. The second-order valence-corrected chi connectivity index (χ2v) is 42.4. The molecule has 4 unspecified atom stereocenters. The van der Waals surface area contributed by atoms with Crippen LogP contribution in [0.4, 0.5) is 0 Å². The van der Waals surface area contributed by atoms with Crippen molar-refractivity contribution >= 4 is 23.9 Å². The van der Waals surface area contributed by atoms with Crippen LogP contribution in [0.3, 0.4) is 0 Å². The van der Waals surface area contributed by atoms with Crippen molar-refractivity contribution in [3.63, 3.8) is 0 Å². The van der Waals surface area contributed by atoms with E-state index in [2.05, 4.69) is 55.4 Å². The van der Waals surface area contributed by atoms with Crippen molar-refractivity contribution in [1.82, 2.24) is 0 Å². The third-order valence-corrected chi connectivity index (χ3v) is 29.6. The Balaban J connectivity index is 4.18.